The van der Waals surface area contributed by atoms with Gasteiger partial charge >= 0.3 is 0 Å². The van der Waals surface area contributed by atoms with Crippen LogP contribution < -0.4 is 10.1 Å². The summed E-state index contributed by atoms with van der Waals surface area (Å²) in [4.78, 5) is 17.2. The van der Waals surface area contributed by atoms with Gasteiger partial charge in [0.05, 0.1) is 23.5 Å². The Hall–Kier alpha value is -3.02. The number of nitrogens with zero attached hydrogens (tertiary/aromatic N) is 4. The summed E-state index contributed by atoms with van der Waals surface area (Å²) in [6.07, 6.45) is 0. The number of hydrogen-bond acceptors (Lipinski definition) is 7. The van der Waals surface area contributed by atoms with Crippen molar-refractivity contribution in [2.24, 2.45) is 7.05 Å². The highest BCUT2D eigenvalue weighted by Gasteiger charge is 2.27. The molecule has 0 aliphatic carbocycles. The fourth-order valence-electron chi connectivity index (χ4n) is 3.80. The number of carbonyl (C=O) groups is 1. The molecule has 1 aliphatic rings. The second-order valence-corrected chi connectivity index (χ2v) is 9.98. The molecule has 1 amide bonds. The summed E-state index contributed by atoms with van der Waals surface area (Å²) in [5, 5.41) is 7.85. The summed E-state index contributed by atoms with van der Waals surface area (Å²) in [6, 6.07) is 6.63. The first-order valence-corrected chi connectivity index (χ1v) is 12.0. The summed E-state index contributed by atoms with van der Waals surface area (Å²) in [5.74, 6) is -0.0939. The van der Waals surface area contributed by atoms with Gasteiger partial charge in [-0.3, -0.25) is 4.79 Å². The summed E-state index contributed by atoms with van der Waals surface area (Å²) < 4.78 is 39.8. The van der Waals surface area contributed by atoms with Crippen molar-refractivity contribution in [1.29, 1.82) is 0 Å². The predicted molar refractivity (Wildman–Crippen MR) is 123 cm³/mol. The van der Waals surface area contributed by atoms with Gasteiger partial charge in [-0.15, -0.1) is 5.10 Å². The lowest BCUT2D eigenvalue weighted by atomic mass is 10.2. The van der Waals surface area contributed by atoms with Crippen molar-refractivity contribution < 1.29 is 22.7 Å². The van der Waals surface area contributed by atoms with E-state index in [0.29, 0.717) is 43.5 Å². The Morgan fingerprint density at radius 3 is 2.61 bits per heavy atom. The number of nitrogens with one attached hydrogen (secondary N) is 1. The Balaban J connectivity index is 1.49. The predicted octanol–water partition coefficient (Wildman–Crippen LogP) is 1.93. The van der Waals surface area contributed by atoms with Crippen molar-refractivity contribution in [3.05, 3.63) is 41.1 Å². The summed E-state index contributed by atoms with van der Waals surface area (Å²) in [6.45, 7) is 6.70. The van der Waals surface area contributed by atoms with Crippen LogP contribution in [0.1, 0.15) is 16.8 Å². The molecule has 0 radical (unpaired) electrons. The fourth-order valence-corrected chi connectivity index (χ4v) is 5.24. The molecule has 0 bridgehead atoms. The molecule has 4 rings (SSSR count). The minimum absolute atomic E-state index is 0.124. The number of fused-ring (bicyclic) bond motifs is 1. The maximum absolute atomic E-state index is 12.9. The third-order valence-electron chi connectivity index (χ3n) is 5.52. The number of hydrogen-bond donors (Lipinski definition) is 1. The van der Waals surface area contributed by atoms with Crippen molar-refractivity contribution >= 4 is 32.7 Å². The highest BCUT2D eigenvalue weighted by Crippen LogP contribution is 2.27. The monoisotopic (exact) mass is 473 g/mol. The van der Waals surface area contributed by atoms with Gasteiger partial charge in [0.15, 0.2) is 12.3 Å². The molecule has 10 nitrogen and oxygen atoms in total. The van der Waals surface area contributed by atoms with Crippen LogP contribution in [-0.4, -0.2) is 66.3 Å². The molecule has 1 aliphatic heterocycles. The fraction of sp³-hybridized carbons (Fsp3) is 0.409. The van der Waals surface area contributed by atoms with Crippen molar-refractivity contribution in [1.82, 2.24) is 19.1 Å². The zero-order chi connectivity index (χ0) is 23.8. The normalized spacial score (nSPS) is 15.0. The standard InChI is InChI=1S/C22H27N5O5S/c1-14-5-6-17(33(29,30)27-7-9-31-10-8-27)12-18(14)24-19(28)13-32-22-20-15(2)11-16(3)23-21(20)26(4)25-22/h5-6,11-12H,7-10,13H2,1-4H3,(H,24,28). The number of rotatable bonds is 6. The molecule has 0 saturated carbocycles. The van der Waals surface area contributed by atoms with Gasteiger partial charge in [-0.25, -0.2) is 18.1 Å². The third-order valence-corrected chi connectivity index (χ3v) is 7.41. The molecule has 176 valence electrons. The van der Waals surface area contributed by atoms with Crippen LogP contribution >= 0.6 is 0 Å². The molecule has 0 unspecified atom stereocenters. The lowest BCUT2D eigenvalue weighted by Crippen LogP contribution is -2.40. The summed E-state index contributed by atoms with van der Waals surface area (Å²) in [5.41, 5.74) is 3.66. The molecule has 0 spiro atoms. The van der Waals surface area contributed by atoms with E-state index in [9.17, 15) is 13.2 Å². The first kappa shape index (κ1) is 23.1. The topological polar surface area (TPSA) is 116 Å². The number of anilines is 1. The van der Waals surface area contributed by atoms with E-state index in [1.807, 2.05) is 19.9 Å². The van der Waals surface area contributed by atoms with Gasteiger partial charge in [0.1, 0.15) is 0 Å². The van der Waals surface area contributed by atoms with Gasteiger partial charge in [-0.1, -0.05) is 6.07 Å². The van der Waals surface area contributed by atoms with E-state index in [4.69, 9.17) is 9.47 Å². The summed E-state index contributed by atoms with van der Waals surface area (Å²) in [7, 11) is -1.90. The summed E-state index contributed by atoms with van der Waals surface area (Å²) >= 11 is 0. The molecular formula is C22H27N5O5S. The van der Waals surface area contributed by atoms with Gasteiger partial charge in [0, 0.05) is 31.5 Å². The van der Waals surface area contributed by atoms with Gasteiger partial charge in [-0.05, 0) is 50.1 Å². The molecule has 1 fully saturated rings. The van der Waals surface area contributed by atoms with E-state index < -0.39 is 15.9 Å². The van der Waals surface area contributed by atoms with E-state index in [2.05, 4.69) is 15.4 Å². The van der Waals surface area contributed by atoms with Crippen LogP contribution in [0.25, 0.3) is 11.0 Å². The molecule has 0 atom stereocenters. The van der Waals surface area contributed by atoms with Crippen molar-refractivity contribution in [3.8, 4) is 5.88 Å². The van der Waals surface area contributed by atoms with Crippen LogP contribution in [-0.2, 0) is 26.6 Å². The van der Waals surface area contributed by atoms with Crippen molar-refractivity contribution in [2.75, 3.05) is 38.2 Å². The Bertz CT molecular complexity index is 1310. The zero-order valence-corrected chi connectivity index (χ0v) is 19.9. The van der Waals surface area contributed by atoms with Crippen LogP contribution in [0.2, 0.25) is 0 Å². The van der Waals surface area contributed by atoms with E-state index in [0.717, 1.165) is 22.2 Å². The third kappa shape index (κ3) is 4.70. The van der Waals surface area contributed by atoms with Crippen LogP contribution in [0, 0.1) is 20.8 Å². The average molecular weight is 474 g/mol. The second-order valence-electron chi connectivity index (χ2n) is 8.04. The van der Waals surface area contributed by atoms with Crippen LogP contribution in [0.5, 0.6) is 5.88 Å². The first-order valence-electron chi connectivity index (χ1n) is 10.6. The maximum atomic E-state index is 12.9. The Morgan fingerprint density at radius 2 is 1.88 bits per heavy atom. The number of carbonyl (C=O) groups excluding carboxylic acids is 1. The molecule has 1 aromatic carbocycles. The SMILES string of the molecule is Cc1cc(C)c2c(OCC(=O)Nc3cc(S(=O)(=O)N4CCOCC4)ccc3C)nn(C)c2n1. The number of ether oxygens (including phenoxy) is 2. The quantitative estimate of drug-likeness (QED) is 0.582. The van der Waals surface area contributed by atoms with Crippen molar-refractivity contribution in [3.63, 3.8) is 0 Å². The number of sulfonamides is 1. The van der Waals surface area contributed by atoms with Crippen molar-refractivity contribution in [2.45, 2.75) is 25.7 Å². The molecule has 11 heteroatoms. The molecule has 33 heavy (non-hydrogen) atoms. The molecular weight excluding hydrogens is 446 g/mol. The Morgan fingerprint density at radius 1 is 1.15 bits per heavy atom. The van der Waals surface area contributed by atoms with E-state index >= 15 is 0 Å². The Kier molecular flexibility index (Phi) is 6.37. The second kappa shape index (κ2) is 9.08. The van der Waals surface area contributed by atoms with Gasteiger partial charge < -0.3 is 14.8 Å². The van der Waals surface area contributed by atoms with Gasteiger partial charge in [-0.2, -0.15) is 4.31 Å². The van der Waals surface area contributed by atoms with Crippen LogP contribution in [0.4, 0.5) is 5.69 Å². The van der Waals surface area contributed by atoms with Crippen LogP contribution in [0.15, 0.2) is 29.2 Å². The number of benzene rings is 1. The lowest BCUT2D eigenvalue weighted by Gasteiger charge is -2.26. The largest absolute Gasteiger partial charge is 0.466 e. The maximum Gasteiger partial charge on any atom is 0.262 e. The van der Waals surface area contributed by atoms with Gasteiger partial charge in [0.25, 0.3) is 5.91 Å². The first-order chi connectivity index (χ1) is 15.7. The highest BCUT2D eigenvalue weighted by molar-refractivity contribution is 7.89. The number of amides is 1. The number of pyridine rings is 1. The van der Waals surface area contributed by atoms with E-state index in [1.165, 1.54) is 10.4 Å². The number of aryl methyl sites for hydroxylation is 4. The molecule has 3 heterocycles. The average Bonchev–Trinajstić information content (AvgIpc) is 3.10. The minimum Gasteiger partial charge on any atom is -0.466 e. The minimum atomic E-state index is -3.67. The Labute approximate surface area is 192 Å². The zero-order valence-electron chi connectivity index (χ0n) is 19.1. The van der Waals surface area contributed by atoms with E-state index in [1.54, 1.807) is 30.8 Å². The smallest absolute Gasteiger partial charge is 0.262 e. The molecule has 1 saturated heterocycles. The lowest BCUT2D eigenvalue weighted by molar-refractivity contribution is -0.118. The molecule has 3 aromatic rings. The van der Waals surface area contributed by atoms with Gasteiger partial charge in [0.2, 0.25) is 15.9 Å². The number of morpholine rings is 1. The van der Waals surface area contributed by atoms with Crippen LogP contribution in [0.3, 0.4) is 0 Å². The number of aromatic nitrogens is 3. The highest BCUT2D eigenvalue weighted by atomic mass is 32.2. The molecule has 2 aromatic heterocycles. The molecule has 1 N–H and O–H groups in total. The van der Waals surface area contributed by atoms with E-state index in [-0.39, 0.29) is 11.5 Å².